The second kappa shape index (κ2) is 17.0. The van der Waals surface area contributed by atoms with Gasteiger partial charge in [0.15, 0.2) is 17.3 Å². The van der Waals surface area contributed by atoms with Gasteiger partial charge in [-0.2, -0.15) is 0 Å². The maximum atomic E-state index is 12.5. The molecular formula is C39H52N10O5. The van der Waals surface area contributed by atoms with Crippen LogP contribution < -0.4 is 36.2 Å². The molecule has 54 heavy (non-hydrogen) atoms. The number of primary amides is 1. The Morgan fingerprint density at radius 1 is 0.944 bits per heavy atom. The van der Waals surface area contributed by atoms with E-state index in [0.29, 0.717) is 56.0 Å². The Bertz CT molecular complexity index is 1800. The predicted molar refractivity (Wildman–Crippen MR) is 208 cm³/mol. The van der Waals surface area contributed by atoms with Crippen LogP contribution in [0.1, 0.15) is 60.8 Å². The minimum atomic E-state index is -0.637. The van der Waals surface area contributed by atoms with Crippen molar-refractivity contribution in [2.24, 2.45) is 5.73 Å². The van der Waals surface area contributed by atoms with Crippen LogP contribution in [0.3, 0.4) is 0 Å². The number of aromatic nitrogens is 2. The maximum Gasteiger partial charge on any atom is 0.328 e. The summed E-state index contributed by atoms with van der Waals surface area (Å²) in [5.41, 5.74) is 10.4. The van der Waals surface area contributed by atoms with Gasteiger partial charge in [0, 0.05) is 102 Å². The number of nitrogens with one attached hydrogen (secondary N) is 3. The molecule has 0 atom stereocenters. The van der Waals surface area contributed by atoms with Crippen molar-refractivity contribution in [2.75, 3.05) is 86.6 Å². The molecule has 1 aromatic heterocycles. The Morgan fingerprint density at radius 3 is 2.35 bits per heavy atom. The van der Waals surface area contributed by atoms with E-state index in [-0.39, 0.29) is 23.7 Å². The number of aryl methyl sites for hydroxylation is 1. The lowest BCUT2D eigenvalue weighted by Crippen LogP contribution is -2.53. The Balaban J connectivity index is 0.921. The molecule has 0 aliphatic carbocycles. The second-order valence-electron chi connectivity index (χ2n) is 14.4. The van der Waals surface area contributed by atoms with Crippen LogP contribution in [0.5, 0.6) is 5.75 Å². The highest BCUT2D eigenvalue weighted by atomic mass is 16.5. The van der Waals surface area contributed by atoms with Crippen LogP contribution in [-0.4, -0.2) is 116 Å². The van der Waals surface area contributed by atoms with Crippen molar-refractivity contribution in [3.63, 3.8) is 0 Å². The average molecular weight is 741 g/mol. The van der Waals surface area contributed by atoms with Gasteiger partial charge in [-0.3, -0.25) is 29.6 Å². The Labute approximate surface area is 316 Å². The van der Waals surface area contributed by atoms with E-state index in [1.165, 1.54) is 5.56 Å². The van der Waals surface area contributed by atoms with Crippen molar-refractivity contribution >= 4 is 46.5 Å². The van der Waals surface area contributed by atoms with Crippen molar-refractivity contribution < 1.29 is 23.9 Å². The molecule has 4 aliphatic heterocycles. The first-order valence-electron chi connectivity index (χ1n) is 19.2. The molecule has 0 bridgehead atoms. The average Bonchev–Trinajstić information content (AvgIpc) is 3.19. The molecule has 288 valence electrons. The van der Waals surface area contributed by atoms with Gasteiger partial charge in [0.1, 0.15) is 5.75 Å². The number of benzene rings is 2. The molecule has 0 unspecified atom stereocenters. The lowest BCUT2D eigenvalue weighted by molar-refractivity contribution is -0.120. The topological polar surface area (TPSA) is 171 Å². The zero-order chi connectivity index (χ0) is 37.6. The first-order valence-corrected chi connectivity index (χ1v) is 19.2. The van der Waals surface area contributed by atoms with Crippen LogP contribution >= 0.6 is 0 Å². The standard InChI is InChI=1S/C39H52N10O5/c1-3-31-37(41-27-13-22-54-23-14-27)45-38(35(43-31)36(40)51)42-28-6-9-32(33(24-28)53-2)48-15-10-29(11-16-48)47-20-18-46(19-21-47)25-26-4-7-30(8-5-26)49-17-12-34(50)44-39(49)52/h4-9,24,27,29H,3,10-23,25H2,1-2H3,(H2,40,51)(H2,41,42,45)(H,44,50,52). The third-order valence-electron chi connectivity index (χ3n) is 11.0. The van der Waals surface area contributed by atoms with Crippen LogP contribution in [0, 0.1) is 0 Å². The number of ether oxygens (including phenoxy) is 2. The second-order valence-corrected chi connectivity index (χ2v) is 14.4. The van der Waals surface area contributed by atoms with Gasteiger partial charge in [0.2, 0.25) is 5.91 Å². The van der Waals surface area contributed by atoms with Crippen LogP contribution in [-0.2, 0) is 22.5 Å². The number of anilines is 5. The Kier molecular flexibility index (Phi) is 11.7. The van der Waals surface area contributed by atoms with Gasteiger partial charge in [-0.25, -0.2) is 14.8 Å². The van der Waals surface area contributed by atoms with Gasteiger partial charge in [-0.15, -0.1) is 0 Å². The molecule has 7 rings (SSSR count). The van der Waals surface area contributed by atoms with Crippen molar-refractivity contribution in [3.8, 4) is 5.75 Å². The van der Waals surface area contributed by atoms with E-state index in [9.17, 15) is 14.4 Å². The molecule has 4 fully saturated rings. The molecule has 3 aromatic rings. The number of nitrogens with two attached hydrogens (primary N) is 1. The van der Waals surface area contributed by atoms with E-state index in [1.54, 1.807) is 12.0 Å². The number of hydrogen-bond donors (Lipinski definition) is 4. The largest absolute Gasteiger partial charge is 0.495 e. The summed E-state index contributed by atoms with van der Waals surface area (Å²) in [4.78, 5) is 54.7. The predicted octanol–water partition coefficient (Wildman–Crippen LogP) is 3.71. The highest BCUT2D eigenvalue weighted by Gasteiger charge is 2.29. The normalized spacial score (nSPS) is 19.4. The molecular weight excluding hydrogens is 688 g/mol. The SMILES string of the molecule is CCc1nc(C(N)=O)c(Nc2ccc(N3CCC(N4CCN(Cc5ccc(N6CCC(=O)NC6=O)cc5)CC4)CC3)c(OC)c2)nc1NC1CCOCC1. The number of amides is 4. The van der Waals surface area contributed by atoms with Crippen molar-refractivity contribution in [3.05, 3.63) is 59.4 Å². The van der Waals surface area contributed by atoms with Crippen molar-refractivity contribution in [1.82, 2.24) is 25.1 Å². The fraction of sp³-hybridized carbons (Fsp3) is 0.513. The zero-order valence-electron chi connectivity index (χ0n) is 31.3. The minimum Gasteiger partial charge on any atom is -0.495 e. The van der Waals surface area contributed by atoms with Gasteiger partial charge >= 0.3 is 6.03 Å². The molecule has 4 saturated heterocycles. The van der Waals surface area contributed by atoms with Crippen molar-refractivity contribution in [1.29, 1.82) is 0 Å². The number of piperidine rings is 1. The number of imide groups is 1. The molecule has 2 aromatic carbocycles. The van der Waals surface area contributed by atoms with Gasteiger partial charge in [0.25, 0.3) is 5.91 Å². The molecule has 4 aliphatic rings. The summed E-state index contributed by atoms with van der Waals surface area (Å²) < 4.78 is 11.4. The molecule has 15 heteroatoms. The number of piperazine rings is 1. The van der Waals surface area contributed by atoms with Gasteiger partial charge in [-0.05, 0) is 61.9 Å². The fourth-order valence-corrected chi connectivity index (χ4v) is 7.89. The number of hydrogen-bond acceptors (Lipinski definition) is 12. The molecule has 4 amide bonds. The zero-order valence-corrected chi connectivity index (χ0v) is 31.3. The Hall–Kier alpha value is -4.99. The fourth-order valence-electron chi connectivity index (χ4n) is 7.89. The van der Waals surface area contributed by atoms with E-state index in [1.807, 2.05) is 31.2 Å². The van der Waals surface area contributed by atoms with E-state index in [2.05, 4.69) is 53.8 Å². The van der Waals surface area contributed by atoms with E-state index >= 15 is 0 Å². The van der Waals surface area contributed by atoms with E-state index in [4.69, 9.17) is 20.2 Å². The smallest absolute Gasteiger partial charge is 0.328 e. The van der Waals surface area contributed by atoms with E-state index in [0.717, 1.165) is 94.3 Å². The maximum absolute atomic E-state index is 12.5. The van der Waals surface area contributed by atoms with Gasteiger partial charge < -0.3 is 30.7 Å². The number of urea groups is 1. The van der Waals surface area contributed by atoms with Crippen LogP contribution in [0.25, 0.3) is 0 Å². The lowest BCUT2D eigenvalue weighted by Gasteiger charge is -2.43. The summed E-state index contributed by atoms with van der Waals surface area (Å²) in [5.74, 6) is 0.849. The number of carbonyl (C=O) groups excluding carboxylic acids is 3. The van der Waals surface area contributed by atoms with Gasteiger partial charge in [0.05, 0.1) is 18.5 Å². The third kappa shape index (κ3) is 8.69. The summed E-state index contributed by atoms with van der Waals surface area (Å²) in [7, 11) is 1.68. The number of rotatable bonds is 12. The number of nitrogens with zero attached hydrogens (tertiary/aromatic N) is 6. The number of methoxy groups -OCH3 is 1. The highest BCUT2D eigenvalue weighted by molar-refractivity contribution is 6.05. The highest BCUT2D eigenvalue weighted by Crippen LogP contribution is 2.35. The summed E-state index contributed by atoms with van der Waals surface area (Å²) in [6, 6.07) is 14.5. The molecule has 5 N–H and O–H groups in total. The molecule has 15 nitrogen and oxygen atoms in total. The quantitative estimate of drug-likeness (QED) is 0.213. The monoisotopic (exact) mass is 740 g/mol. The summed E-state index contributed by atoms with van der Waals surface area (Å²) in [6.45, 7) is 10.6. The lowest BCUT2D eigenvalue weighted by atomic mass is 10.0. The Morgan fingerprint density at radius 2 is 1.69 bits per heavy atom. The van der Waals surface area contributed by atoms with Gasteiger partial charge in [-0.1, -0.05) is 19.1 Å². The molecule has 0 spiro atoms. The molecule has 5 heterocycles. The van der Waals surface area contributed by atoms with E-state index < -0.39 is 5.91 Å². The summed E-state index contributed by atoms with van der Waals surface area (Å²) >= 11 is 0. The number of carbonyl (C=O) groups is 3. The molecule has 0 saturated carbocycles. The first-order chi connectivity index (χ1) is 26.3. The minimum absolute atomic E-state index is 0.106. The first kappa shape index (κ1) is 37.3. The summed E-state index contributed by atoms with van der Waals surface area (Å²) in [6.07, 6.45) is 4.84. The van der Waals surface area contributed by atoms with Crippen LogP contribution in [0.4, 0.5) is 33.5 Å². The van der Waals surface area contributed by atoms with Crippen LogP contribution in [0.2, 0.25) is 0 Å². The summed E-state index contributed by atoms with van der Waals surface area (Å²) in [5, 5.41) is 9.21. The molecule has 0 radical (unpaired) electrons. The van der Waals surface area contributed by atoms with Crippen LogP contribution in [0.15, 0.2) is 42.5 Å². The third-order valence-corrected chi connectivity index (χ3v) is 11.0. The van der Waals surface area contributed by atoms with Crippen molar-refractivity contribution in [2.45, 2.75) is 64.1 Å².